The van der Waals surface area contributed by atoms with Crippen LogP contribution in [0.25, 0.3) is 0 Å². The van der Waals surface area contributed by atoms with Crippen molar-refractivity contribution < 1.29 is 9.59 Å². The van der Waals surface area contributed by atoms with Gasteiger partial charge in [-0.3, -0.25) is 9.59 Å². The van der Waals surface area contributed by atoms with Gasteiger partial charge in [0.2, 0.25) is 11.8 Å². The standard InChI is InChI=1S/C16H22ClN3O2/c1-12(18)9-15(21)19-5-7-20(8-6-19)16(22)11-13-3-2-4-14(17)10-13/h2-4,10,12H,5-9,11,18H2,1H3. The van der Waals surface area contributed by atoms with Crippen molar-refractivity contribution in [3.8, 4) is 0 Å². The van der Waals surface area contributed by atoms with E-state index < -0.39 is 0 Å². The summed E-state index contributed by atoms with van der Waals surface area (Å²) < 4.78 is 0. The van der Waals surface area contributed by atoms with Crippen LogP contribution >= 0.6 is 11.6 Å². The van der Waals surface area contributed by atoms with Crippen molar-refractivity contribution in [3.63, 3.8) is 0 Å². The van der Waals surface area contributed by atoms with Crippen LogP contribution in [-0.2, 0) is 16.0 Å². The van der Waals surface area contributed by atoms with Gasteiger partial charge < -0.3 is 15.5 Å². The van der Waals surface area contributed by atoms with Crippen molar-refractivity contribution in [2.45, 2.75) is 25.8 Å². The molecule has 1 aliphatic heterocycles. The fourth-order valence-electron chi connectivity index (χ4n) is 2.54. The van der Waals surface area contributed by atoms with Gasteiger partial charge in [-0.05, 0) is 24.6 Å². The van der Waals surface area contributed by atoms with Crippen molar-refractivity contribution in [2.75, 3.05) is 26.2 Å². The van der Waals surface area contributed by atoms with Crippen LogP contribution in [0.2, 0.25) is 5.02 Å². The summed E-state index contributed by atoms with van der Waals surface area (Å²) in [5, 5.41) is 0.636. The largest absolute Gasteiger partial charge is 0.339 e. The second-order valence-electron chi connectivity index (χ2n) is 5.75. The van der Waals surface area contributed by atoms with Crippen molar-refractivity contribution >= 4 is 23.4 Å². The van der Waals surface area contributed by atoms with E-state index in [-0.39, 0.29) is 17.9 Å². The fraction of sp³-hybridized carbons (Fsp3) is 0.500. The number of hydrogen-bond donors (Lipinski definition) is 1. The first kappa shape index (κ1) is 16.8. The smallest absolute Gasteiger partial charge is 0.227 e. The maximum atomic E-state index is 12.3. The predicted molar refractivity (Wildman–Crippen MR) is 86.6 cm³/mol. The Balaban J connectivity index is 1.83. The molecule has 1 aromatic rings. The molecule has 0 aliphatic carbocycles. The van der Waals surface area contributed by atoms with Crippen LogP contribution in [0, 0.1) is 0 Å². The van der Waals surface area contributed by atoms with Crippen LogP contribution < -0.4 is 5.73 Å². The summed E-state index contributed by atoms with van der Waals surface area (Å²) in [4.78, 5) is 27.8. The summed E-state index contributed by atoms with van der Waals surface area (Å²) in [6, 6.07) is 7.21. The highest BCUT2D eigenvalue weighted by Crippen LogP contribution is 2.13. The Hall–Kier alpha value is -1.59. The molecular formula is C16H22ClN3O2. The molecule has 22 heavy (non-hydrogen) atoms. The number of nitrogens with zero attached hydrogens (tertiary/aromatic N) is 2. The van der Waals surface area contributed by atoms with Crippen molar-refractivity contribution in [3.05, 3.63) is 34.9 Å². The molecular weight excluding hydrogens is 302 g/mol. The molecule has 0 radical (unpaired) electrons. The van der Waals surface area contributed by atoms with E-state index in [9.17, 15) is 9.59 Å². The highest BCUT2D eigenvalue weighted by atomic mass is 35.5. The maximum absolute atomic E-state index is 12.3. The van der Waals surface area contributed by atoms with Crippen LogP contribution in [0.4, 0.5) is 0 Å². The van der Waals surface area contributed by atoms with Gasteiger partial charge in [0, 0.05) is 43.7 Å². The van der Waals surface area contributed by atoms with E-state index in [1.165, 1.54) is 0 Å². The van der Waals surface area contributed by atoms with Crippen LogP contribution in [0.5, 0.6) is 0 Å². The molecule has 1 heterocycles. The number of benzene rings is 1. The van der Waals surface area contributed by atoms with Crippen LogP contribution in [0.15, 0.2) is 24.3 Å². The number of nitrogens with two attached hydrogens (primary N) is 1. The predicted octanol–water partition coefficient (Wildman–Crippen LogP) is 1.29. The second-order valence-corrected chi connectivity index (χ2v) is 6.19. The normalized spacial score (nSPS) is 16.5. The molecule has 2 amide bonds. The van der Waals surface area contributed by atoms with Crippen molar-refractivity contribution in [2.24, 2.45) is 5.73 Å². The van der Waals surface area contributed by atoms with Gasteiger partial charge in [0.05, 0.1) is 6.42 Å². The quantitative estimate of drug-likeness (QED) is 0.908. The molecule has 1 fully saturated rings. The topological polar surface area (TPSA) is 66.6 Å². The average molecular weight is 324 g/mol. The summed E-state index contributed by atoms with van der Waals surface area (Å²) in [5.41, 5.74) is 6.56. The zero-order valence-electron chi connectivity index (χ0n) is 12.8. The Morgan fingerprint density at radius 1 is 1.18 bits per heavy atom. The lowest BCUT2D eigenvalue weighted by atomic mass is 10.1. The van der Waals surface area contributed by atoms with Gasteiger partial charge in [-0.1, -0.05) is 23.7 Å². The molecule has 1 saturated heterocycles. The van der Waals surface area contributed by atoms with E-state index in [4.69, 9.17) is 17.3 Å². The van der Waals surface area contributed by atoms with Gasteiger partial charge in [0.15, 0.2) is 0 Å². The van der Waals surface area contributed by atoms with Gasteiger partial charge in [-0.25, -0.2) is 0 Å². The van der Waals surface area contributed by atoms with E-state index in [0.29, 0.717) is 44.0 Å². The van der Waals surface area contributed by atoms with Gasteiger partial charge >= 0.3 is 0 Å². The van der Waals surface area contributed by atoms with Gasteiger partial charge in [0.25, 0.3) is 0 Å². The molecule has 5 nitrogen and oxygen atoms in total. The van der Waals surface area contributed by atoms with Gasteiger partial charge in [-0.15, -0.1) is 0 Å². The van der Waals surface area contributed by atoms with E-state index in [0.717, 1.165) is 5.56 Å². The first-order valence-corrected chi connectivity index (χ1v) is 7.89. The minimum Gasteiger partial charge on any atom is -0.339 e. The molecule has 2 rings (SSSR count). The zero-order chi connectivity index (χ0) is 16.1. The highest BCUT2D eigenvalue weighted by molar-refractivity contribution is 6.30. The Labute approximate surface area is 136 Å². The molecule has 120 valence electrons. The zero-order valence-corrected chi connectivity index (χ0v) is 13.6. The summed E-state index contributed by atoms with van der Waals surface area (Å²) in [7, 11) is 0. The lowest BCUT2D eigenvalue weighted by Crippen LogP contribution is -2.51. The molecule has 0 bridgehead atoms. The lowest BCUT2D eigenvalue weighted by Gasteiger charge is -2.35. The molecule has 6 heteroatoms. The third-order valence-electron chi connectivity index (χ3n) is 3.73. The van der Waals surface area contributed by atoms with Crippen LogP contribution in [0.3, 0.4) is 0 Å². The summed E-state index contributed by atoms with van der Waals surface area (Å²) in [5.74, 6) is 0.137. The molecule has 0 saturated carbocycles. The summed E-state index contributed by atoms with van der Waals surface area (Å²) >= 11 is 5.93. The third-order valence-corrected chi connectivity index (χ3v) is 3.96. The third kappa shape index (κ3) is 4.71. The number of carbonyl (C=O) groups is 2. The molecule has 1 aliphatic rings. The Morgan fingerprint density at radius 3 is 2.32 bits per heavy atom. The van der Waals surface area contributed by atoms with Crippen LogP contribution in [-0.4, -0.2) is 53.8 Å². The van der Waals surface area contributed by atoms with E-state index in [1.807, 2.05) is 25.1 Å². The molecule has 0 spiro atoms. The van der Waals surface area contributed by atoms with E-state index in [2.05, 4.69) is 0 Å². The molecule has 1 atom stereocenters. The van der Waals surface area contributed by atoms with E-state index in [1.54, 1.807) is 15.9 Å². The second kappa shape index (κ2) is 7.61. The summed E-state index contributed by atoms with van der Waals surface area (Å²) in [6.07, 6.45) is 0.699. The SMILES string of the molecule is CC(N)CC(=O)N1CCN(C(=O)Cc2cccc(Cl)c2)CC1. The number of piperazine rings is 1. The average Bonchev–Trinajstić information content (AvgIpc) is 2.46. The first-order chi connectivity index (χ1) is 10.5. The molecule has 0 aromatic heterocycles. The van der Waals surface area contributed by atoms with Crippen molar-refractivity contribution in [1.82, 2.24) is 9.80 Å². The van der Waals surface area contributed by atoms with Crippen LogP contribution in [0.1, 0.15) is 18.9 Å². The van der Waals surface area contributed by atoms with Gasteiger partial charge in [-0.2, -0.15) is 0 Å². The number of halogens is 1. The number of rotatable bonds is 4. The Bertz CT molecular complexity index is 540. The highest BCUT2D eigenvalue weighted by Gasteiger charge is 2.24. The molecule has 2 N–H and O–H groups in total. The minimum atomic E-state index is -0.130. The van der Waals surface area contributed by atoms with Gasteiger partial charge in [0.1, 0.15) is 0 Å². The Morgan fingerprint density at radius 2 is 1.77 bits per heavy atom. The fourth-order valence-corrected chi connectivity index (χ4v) is 2.76. The maximum Gasteiger partial charge on any atom is 0.227 e. The molecule has 1 unspecified atom stereocenters. The molecule has 1 aromatic carbocycles. The van der Waals surface area contributed by atoms with E-state index >= 15 is 0 Å². The first-order valence-electron chi connectivity index (χ1n) is 7.51. The Kier molecular flexibility index (Phi) is 5.80. The number of hydrogen-bond acceptors (Lipinski definition) is 3. The minimum absolute atomic E-state index is 0.0666. The number of carbonyl (C=O) groups excluding carboxylic acids is 2. The monoisotopic (exact) mass is 323 g/mol. The lowest BCUT2D eigenvalue weighted by molar-refractivity contribution is -0.139. The summed E-state index contributed by atoms with van der Waals surface area (Å²) in [6.45, 7) is 4.12. The van der Waals surface area contributed by atoms with Crippen molar-refractivity contribution in [1.29, 1.82) is 0 Å². The number of amides is 2.